The highest BCUT2D eigenvalue weighted by Gasteiger charge is 2.17. The Kier molecular flexibility index (Phi) is 3.95. The summed E-state index contributed by atoms with van der Waals surface area (Å²) in [6.07, 6.45) is 0. The Labute approximate surface area is 113 Å². The molecule has 0 aliphatic heterocycles. The first-order chi connectivity index (χ1) is 9.52. The van der Waals surface area contributed by atoms with Gasteiger partial charge in [0.15, 0.2) is 0 Å². The van der Waals surface area contributed by atoms with Crippen molar-refractivity contribution in [1.29, 1.82) is 0 Å². The maximum Gasteiger partial charge on any atom is 0.262 e. The normalized spacial score (nSPS) is 10.3. The van der Waals surface area contributed by atoms with Crippen LogP contribution >= 0.6 is 0 Å². The molecule has 0 saturated carbocycles. The van der Waals surface area contributed by atoms with E-state index in [1.54, 1.807) is 6.07 Å². The average molecular weight is 278 g/mol. The zero-order chi connectivity index (χ0) is 14.7. The molecule has 0 atom stereocenters. The molecule has 0 unspecified atom stereocenters. The maximum absolute atomic E-state index is 13.7. The number of carbonyl (C=O) groups is 1. The number of carbonyl (C=O) groups excluding carboxylic acids is 1. The molecule has 20 heavy (non-hydrogen) atoms. The summed E-state index contributed by atoms with van der Waals surface area (Å²) < 4.78 is 27.2. The van der Waals surface area contributed by atoms with Gasteiger partial charge in [-0.2, -0.15) is 0 Å². The molecule has 2 aromatic rings. The predicted molar refractivity (Wildman–Crippen MR) is 70.3 cm³/mol. The van der Waals surface area contributed by atoms with Gasteiger partial charge in [-0.1, -0.05) is 12.1 Å². The van der Waals surface area contributed by atoms with Crippen molar-refractivity contribution < 1.29 is 18.7 Å². The van der Waals surface area contributed by atoms with Gasteiger partial charge >= 0.3 is 0 Å². The number of anilines is 1. The van der Waals surface area contributed by atoms with Crippen LogP contribution in [0.2, 0.25) is 0 Å². The van der Waals surface area contributed by atoms with E-state index in [-0.39, 0.29) is 12.2 Å². The molecule has 4 N–H and O–H groups in total. The summed E-state index contributed by atoms with van der Waals surface area (Å²) >= 11 is 0. The summed E-state index contributed by atoms with van der Waals surface area (Å²) in [6.45, 7) is 0.166. The van der Waals surface area contributed by atoms with Crippen LogP contribution in [-0.4, -0.2) is 11.0 Å². The molecule has 104 valence electrons. The van der Waals surface area contributed by atoms with Gasteiger partial charge in [-0.05, 0) is 29.8 Å². The first-order valence-electron chi connectivity index (χ1n) is 5.80. The molecule has 0 bridgehead atoms. The second-order valence-electron chi connectivity index (χ2n) is 4.11. The zero-order valence-corrected chi connectivity index (χ0v) is 10.4. The molecule has 0 aliphatic rings. The highest BCUT2D eigenvalue weighted by atomic mass is 19.1. The van der Waals surface area contributed by atoms with Crippen molar-refractivity contribution in [1.82, 2.24) is 0 Å². The first-order valence-corrected chi connectivity index (χ1v) is 5.80. The second kappa shape index (κ2) is 5.66. The average Bonchev–Trinajstić information content (AvgIpc) is 2.41. The number of nitrogens with two attached hydrogens (primary N) is 1. The Morgan fingerprint density at radius 2 is 1.95 bits per heavy atom. The van der Waals surface area contributed by atoms with E-state index in [2.05, 4.69) is 5.32 Å². The van der Waals surface area contributed by atoms with Gasteiger partial charge in [0.2, 0.25) is 0 Å². The second-order valence-corrected chi connectivity index (χ2v) is 4.11. The van der Waals surface area contributed by atoms with Crippen molar-refractivity contribution in [3.8, 4) is 5.75 Å². The lowest BCUT2D eigenvalue weighted by Crippen LogP contribution is -2.15. The van der Waals surface area contributed by atoms with Crippen molar-refractivity contribution in [3.63, 3.8) is 0 Å². The number of phenols is 1. The zero-order valence-electron chi connectivity index (χ0n) is 10.4. The van der Waals surface area contributed by atoms with Gasteiger partial charge in [-0.25, -0.2) is 8.78 Å². The number of amides is 1. The van der Waals surface area contributed by atoms with Crippen molar-refractivity contribution in [2.24, 2.45) is 5.73 Å². The molecular weight excluding hydrogens is 266 g/mol. The van der Waals surface area contributed by atoms with Crippen LogP contribution in [0.4, 0.5) is 14.5 Å². The minimum absolute atomic E-state index is 0.116. The highest BCUT2D eigenvalue weighted by molar-refractivity contribution is 6.06. The molecule has 4 nitrogen and oxygen atoms in total. The van der Waals surface area contributed by atoms with E-state index >= 15 is 0 Å². The van der Waals surface area contributed by atoms with Crippen LogP contribution < -0.4 is 11.1 Å². The largest absolute Gasteiger partial charge is 0.507 e. The minimum atomic E-state index is -0.931. The molecule has 6 heteroatoms. The summed E-state index contributed by atoms with van der Waals surface area (Å²) in [6, 6.07) is 7.51. The first kappa shape index (κ1) is 14.0. The van der Waals surface area contributed by atoms with E-state index in [0.29, 0.717) is 5.56 Å². The monoisotopic (exact) mass is 278 g/mol. The third kappa shape index (κ3) is 2.75. The molecule has 0 saturated heterocycles. The van der Waals surface area contributed by atoms with Gasteiger partial charge in [-0.15, -0.1) is 0 Å². The Bertz CT molecular complexity index is 639. The Morgan fingerprint density at radius 1 is 1.20 bits per heavy atom. The van der Waals surface area contributed by atoms with Gasteiger partial charge in [0.05, 0.1) is 5.69 Å². The van der Waals surface area contributed by atoms with Crippen LogP contribution in [0.15, 0.2) is 36.4 Å². The summed E-state index contributed by atoms with van der Waals surface area (Å²) in [7, 11) is 0. The Morgan fingerprint density at radius 3 is 2.55 bits per heavy atom. The maximum atomic E-state index is 13.7. The molecular formula is C14H12F2N2O2. The topological polar surface area (TPSA) is 75.3 Å². The lowest BCUT2D eigenvalue weighted by molar-refractivity contribution is 0.102. The standard InChI is InChI=1S/C14H12F2N2O2/c15-9-2-1-3-12(19)13(9)14(20)18-11-5-4-8(7-17)6-10(11)16/h1-6,19H,7,17H2,(H,18,20). The van der Waals surface area contributed by atoms with E-state index in [1.165, 1.54) is 24.3 Å². The van der Waals surface area contributed by atoms with E-state index in [0.717, 1.165) is 6.07 Å². The minimum Gasteiger partial charge on any atom is -0.507 e. The Balaban J connectivity index is 2.28. The predicted octanol–water partition coefficient (Wildman–Crippen LogP) is 2.38. The summed E-state index contributed by atoms with van der Waals surface area (Å²) in [4.78, 5) is 11.9. The van der Waals surface area contributed by atoms with Gasteiger partial charge in [-0.3, -0.25) is 4.79 Å². The lowest BCUT2D eigenvalue weighted by atomic mass is 10.1. The molecule has 2 aromatic carbocycles. The number of hydrogen-bond acceptors (Lipinski definition) is 3. The molecule has 1 amide bonds. The van der Waals surface area contributed by atoms with Crippen LogP contribution in [0.5, 0.6) is 5.75 Å². The van der Waals surface area contributed by atoms with Crippen LogP contribution in [0, 0.1) is 11.6 Å². The molecule has 2 rings (SSSR count). The van der Waals surface area contributed by atoms with Crippen LogP contribution in [0.3, 0.4) is 0 Å². The van der Waals surface area contributed by atoms with Crippen LogP contribution in [0.25, 0.3) is 0 Å². The number of nitrogens with one attached hydrogen (secondary N) is 1. The molecule has 0 heterocycles. The third-order valence-electron chi connectivity index (χ3n) is 2.74. The van der Waals surface area contributed by atoms with Crippen molar-refractivity contribution in [3.05, 3.63) is 59.2 Å². The lowest BCUT2D eigenvalue weighted by Gasteiger charge is -2.09. The molecule has 0 aromatic heterocycles. The Hall–Kier alpha value is -2.47. The smallest absolute Gasteiger partial charge is 0.262 e. The van der Waals surface area contributed by atoms with Crippen LogP contribution in [0.1, 0.15) is 15.9 Å². The molecule has 0 fully saturated rings. The quantitative estimate of drug-likeness (QED) is 0.807. The van der Waals surface area contributed by atoms with Crippen molar-refractivity contribution in [2.45, 2.75) is 6.54 Å². The molecule has 0 aliphatic carbocycles. The number of hydrogen-bond donors (Lipinski definition) is 3. The molecule has 0 spiro atoms. The van der Waals surface area contributed by atoms with Crippen LogP contribution in [-0.2, 0) is 6.54 Å². The van der Waals surface area contributed by atoms with E-state index in [4.69, 9.17) is 5.73 Å². The van der Waals surface area contributed by atoms with E-state index in [9.17, 15) is 18.7 Å². The summed E-state index contributed by atoms with van der Waals surface area (Å²) in [5, 5.41) is 11.7. The van der Waals surface area contributed by atoms with Gasteiger partial charge in [0.1, 0.15) is 22.9 Å². The van der Waals surface area contributed by atoms with E-state index in [1.807, 2.05) is 0 Å². The summed E-state index contributed by atoms with van der Waals surface area (Å²) in [5.74, 6) is -3.01. The molecule has 0 radical (unpaired) electrons. The fourth-order valence-electron chi connectivity index (χ4n) is 1.71. The van der Waals surface area contributed by atoms with Gasteiger partial charge < -0.3 is 16.2 Å². The number of phenolic OH excluding ortho intramolecular Hbond substituents is 1. The fraction of sp³-hybridized carbons (Fsp3) is 0.0714. The number of aromatic hydroxyl groups is 1. The highest BCUT2D eigenvalue weighted by Crippen LogP contribution is 2.22. The van der Waals surface area contributed by atoms with E-state index < -0.39 is 28.9 Å². The number of rotatable bonds is 3. The van der Waals surface area contributed by atoms with Gasteiger partial charge in [0.25, 0.3) is 5.91 Å². The van der Waals surface area contributed by atoms with Crippen molar-refractivity contribution >= 4 is 11.6 Å². The SMILES string of the molecule is NCc1ccc(NC(=O)c2c(O)cccc2F)c(F)c1. The summed E-state index contributed by atoms with van der Waals surface area (Å²) in [5.41, 5.74) is 5.28. The third-order valence-corrected chi connectivity index (χ3v) is 2.74. The number of halogens is 2. The van der Waals surface area contributed by atoms with Crippen molar-refractivity contribution in [2.75, 3.05) is 5.32 Å². The number of benzene rings is 2. The fourth-order valence-corrected chi connectivity index (χ4v) is 1.71. The van der Waals surface area contributed by atoms with Gasteiger partial charge in [0, 0.05) is 6.54 Å².